The molecule has 0 bridgehead atoms. The summed E-state index contributed by atoms with van der Waals surface area (Å²) in [5.74, 6) is -0.272. The van der Waals surface area contributed by atoms with E-state index in [0.29, 0.717) is 6.04 Å². The highest BCUT2D eigenvalue weighted by atomic mass is 16.1. The Labute approximate surface area is 172 Å². The molecule has 1 aliphatic heterocycles. The van der Waals surface area contributed by atoms with Gasteiger partial charge in [-0.2, -0.15) is 5.10 Å². The van der Waals surface area contributed by atoms with Gasteiger partial charge in [0.05, 0.1) is 11.7 Å². The zero-order valence-electron chi connectivity index (χ0n) is 17.1. The molecule has 1 saturated heterocycles. The quantitative estimate of drug-likeness (QED) is 0.613. The molecule has 3 N–H and O–H groups in total. The predicted octanol–water partition coefficient (Wildman–Crippen LogP) is 3.87. The molecule has 1 amide bonds. The fourth-order valence-corrected chi connectivity index (χ4v) is 4.71. The van der Waals surface area contributed by atoms with Crippen LogP contribution in [0.3, 0.4) is 0 Å². The molecule has 0 spiro atoms. The summed E-state index contributed by atoms with van der Waals surface area (Å²) in [6.07, 6.45) is 6.04. The van der Waals surface area contributed by atoms with Crippen LogP contribution in [0.2, 0.25) is 0 Å². The molecule has 152 valence electrons. The minimum absolute atomic E-state index is 0.107. The molecule has 0 saturated carbocycles. The van der Waals surface area contributed by atoms with Crippen molar-refractivity contribution in [3.05, 3.63) is 65.9 Å². The number of carbonyl (C=O) groups excluding carboxylic acids is 1. The molecule has 1 aliphatic rings. The number of nitrogens with two attached hydrogens (primary N) is 1. The monoisotopic (exact) mass is 390 g/mol. The first-order chi connectivity index (χ1) is 14.1. The number of hydrogen-bond acceptors (Lipinski definition) is 3. The van der Waals surface area contributed by atoms with Gasteiger partial charge < -0.3 is 10.6 Å². The second-order valence-electron chi connectivity index (χ2n) is 8.34. The Morgan fingerprint density at radius 2 is 1.93 bits per heavy atom. The number of carbonyl (C=O) groups is 1. The number of hydrogen-bond donors (Lipinski definition) is 2. The lowest BCUT2D eigenvalue weighted by atomic mass is 9.81. The van der Waals surface area contributed by atoms with Crippen molar-refractivity contribution in [1.82, 2.24) is 15.1 Å². The number of aromatic amines is 1. The molecular formula is C24H30N4O. The first-order valence-corrected chi connectivity index (χ1v) is 10.6. The van der Waals surface area contributed by atoms with Crippen molar-refractivity contribution in [2.24, 2.45) is 11.7 Å². The molecule has 2 unspecified atom stereocenters. The van der Waals surface area contributed by atoms with E-state index in [1.165, 1.54) is 24.0 Å². The van der Waals surface area contributed by atoms with Crippen LogP contribution in [0.1, 0.15) is 43.2 Å². The molecule has 5 heteroatoms. The van der Waals surface area contributed by atoms with E-state index in [0.717, 1.165) is 36.8 Å². The molecule has 1 aromatic heterocycles. The van der Waals surface area contributed by atoms with E-state index < -0.39 is 0 Å². The minimum atomic E-state index is -0.198. The van der Waals surface area contributed by atoms with E-state index in [-0.39, 0.29) is 17.7 Å². The van der Waals surface area contributed by atoms with Crippen molar-refractivity contribution < 1.29 is 4.79 Å². The summed E-state index contributed by atoms with van der Waals surface area (Å²) in [7, 11) is 0. The van der Waals surface area contributed by atoms with Gasteiger partial charge in [0, 0.05) is 17.3 Å². The average molecular weight is 391 g/mol. The molecule has 3 atom stereocenters. The number of likely N-dealkylation sites (tertiary alicyclic amines) is 1. The molecule has 3 aromatic rings. The second kappa shape index (κ2) is 8.78. The average Bonchev–Trinajstić information content (AvgIpc) is 3.42. The number of amides is 1. The normalized spacial score (nSPS) is 18.0. The Balaban J connectivity index is 1.57. The van der Waals surface area contributed by atoms with Crippen LogP contribution in [-0.4, -0.2) is 40.1 Å². The number of aromatic nitrogens is 2. The van der Waals surface area contributed by atoms with Gasteiger partial charge >= 0.3 is 0 Å². The van der Waals surface area contributed by atoms with Crippen molar-refractivity contribution >= 4 is 16.8 Å². The summed E-state index contributed by atoms with van der Waals surface area (Å²) in [5.41, 5.74) is 9.42. The Kier molecular flexibility index (Phi) is 5.95. The summed E-state index contributed by atoms with van der Waals surface area (Å²) in [5, 5.41) is 8.28. The number of benzene rings is 2. The van der Waals surface area contributed by atoms with Crippen molar-refractivity contribution in [3.8, 4) is 0 Å². The van der Waals surface area contributed by atoms with Crippen LogP contribution in [0.15, 0.2) is 54.7 Å². The van der Waals surface area contributed by atoms with Crippen molar-refractivity contribution in [3.63, 3.8) is 0 Å². The maximum absolute atomic E-state index is 12.4. The van der Waals surface area contributed by atoms with E-state index >= 15 is 0 Å². The third-order valence-corrected chi connectivity index (χ3v) is 6.45. The molecule has 4 rings (SSSR count). The molecule has 2 aromatic carbocycles. The van der Waals surface area contributed by atoms with E-state index in [4.69, 9.17) is 5.73 Å². The topological polar surface area (TPSA) is 75.0 Å². The predicted molar refractivity (Wildman–Crippen MR) is 117 cm³/mol. The molecule has 29 heavy (non-hydrogen) atoms. The Bertz CT molecular complexity index is 946. The lowest BCUT2D eigenvalue weighted by Gasteiger charge is -2.32. The summed E-state index contributed by atoms with van der Waals surface area (Å²) in [6.45, 7) is 4.33. The van der Waals surface area contributed by atoms with Crippen LogP contribution in [0.25, 0.3) is 10.9 Å². The highest BCUT2D eigenvalue weighted by Gasteiger charge is 2.31. The number of primary amides is 1. The van der Waals surface area contributed by atoms with Gasteiger partial charge in [-0.3, -0.25) is 9.89 Å². The Hall–Kier alpha value is -2.66. The van der Waals surface area contributed by atoms with Gasteiger partial charge in [-0.25, -0.2) is 0 Å². The third kappa shape index (κ3) is 4.51. The van der Waals surface area contributed by atoms with Crippen LogP contribution >= 0.6 is 0 Å². The minimum Gasteiger partial charge on any atom is -0.369 e. The summed E-state index contributed by atoms with van der Waals surface area (Å²) >= 11 is 0. The Morgan fingerprint density at radius 3 is 2.66 bits per heavy atom. The number of rotatable bonds is 8. The highest BCUT2D eigenvalue weighted by Crippen LogP contribution is 2.31. The van der Waals surface area contributed by atoms with E-state index in [9.17, 15) is 4.79 Å². The smallest absolute Gasteiger partial charge is 0.221 e. The maximum Gasteiger partial charge on any atom is 0.221 e. The summed E-state index contributed by atoms with van der Waals surface area (Å²) in [6, 6.07) is 17.0. The standard InChI is InChI=1S/C24H30N4O/c1-17(19-7-3-2-4-8-19)22(24(25)29)15-21(28-11-5-6-12-28)14-18-9-10-23-20(13-18)16-26-27-23/h2-4,7-10,13,16-17,21-22H,5-6,11-12,14-15H2,1H3,(H2,25,29)(H,26,27)/t17?,21-,22?/m1/s1. The van der Waals surface area contributed by atoms with E-state index in [2.05, 4.69) is 52.4 Å². The van der Waals surface area contributed by atoms with Crippen LogP contribution in [-0.2, 0) is 11.2 Å². The Morgan fingerprint density at radius 1 is 1.17 bits per heavy atom. The lowest BCUT2D eigenvalue weighted by Crippen LogP contribution is -2.40. The van der Waals surface area contributed by atoms with Crippen molar-refractivity contribution in [2.75, 3.05) is 13.1 Å². The summed E-state index contributed by atoms with van der Waals surface area (Å²) in [4.78, 5) is 15.0. The van der Waals surface area contributed by atoms with Crippen LogP contribution in [0.5, 0.6) is 0 Å². The number of nitrogens with zero attached hydrogens (tertiary/aromatic N) is 2. The van der Waals surface area contributed by atoms with E-state index in [1.807, 2.05) is 24.4 Å². The van der Waals surface area contributed by atoms with Gasteiger partial charge in [0.25, 0.3) is 0 Å². The molecule has 0 radical (unpaired) electrons. The fraction of sp³-hybridized carbons (Fsp3) is 0.417. The van der Waals surface area contributed by atoms with Crippen molar-refractivity contribution in [2.45, 2.75) is 44.6 Å². The van der Waals surface area contributed by atoms with Gasteiger partial charge in [0.15, 0.2) is 0 Å². The SMILES string of the molecule is CC(c1ccccc1)C(C[C@@H](Cc1ccc2[nH]ncc2c1)N1CCCC1)C(N)=O. The number of fused-ring (bicyclic) bond motifs is 1. The van der Waals surface area contributed by atoms with Crippen LogP contribution < -0.4 is 5.73 Å². The largest absolute Gasteiger partial charge is 0.369 e. The number of nitrogens with one attached hydrogen (secondary N) is 1. The molecule has 5 nitrogen and oxygen atoms in total. The molecule has 0 aliphatic carbocycles. The lowest BCUT2D eigenvalue weighted by molar-refractivity contribution is -0.123. The van der Waals surface area contributed by atoms with Gasteiger partial charge in [-0.1, -0.05) is 43.3 Å². The maximum atomic E-state index is 12.4. The first-order valence-electron chi connectivity index (χ1n) is 10.6. The zero-order valence-corrected chi connectivity index (χ0v) is 17.1. The molecular weight excluding hydrogens is 360 g/mol. The zero-order chi connectivity index (χ0) is 20.2. The third-order valence-electron chi connectivity index (χ3n) is 6.45. The van der Waals surface area contributed by atoms with Gasteiger partial charge in [-0.05, 0) is 68.0 Å². The molecule has 1 fully saturated rings. The van der Waals surface area contributed by atoms with E-state index in [1.54, 1.807) is 0 Å². The van der Waals surface area contributed by atoms with Crippen LogP contribution in [0.4, 0.5) is 0 Å². The van der Waals surface area contributed by atoms with Gasteiger partial charge in [0.2, 0.25) is 5.91 Å². The first kappa shape index (κ1) is 19.6. The molecule has 2 heterocycles. The summed E-state index contributed by atoms with van der Waals surface area (Å²) < 4.78 is 0. The van der Waals surface area contributed by atoms with Gasteiger partial charge in [-0.15, -0.1) is 0 Å². The van der Waals surface area contributed by atoms with Crippen LogP contribution in [0, 0.1) is 5.92 Å². The van der Waals surface area contributed by atoms with Gasteiger partial charge in [0.1, 0.15) is 0 Å². The fourth-order valence-electron chi connectivity index (χ4n) is 4.71. The second-order valence-corrected chi connectivity index (χ2v) is 8.34. The number of H-pyrrole nitrogens is 1. The van der Waals surface area contributed by atoms with Crippen molar-refractivity contribution in [1.29, 1.82) is 0 Å². The highest BCUT2D eigenvalue weighted by molar-refractivity contribution is 5.79.